The zero-order valence-corrected chi connectivity index (χ0v) is 38.9. The van der Waals surface area contributed by atoms with Crippen LogP contribution in [0.1, 0.15) is 52.7 Å². The Morgan fingerprint density at radius 2 is 0.940 bits per heavy atom. The molecule has 4 heterocycles. The molecule has 0 amide bonds. The van der Waals surface area contributed by atoms with Crippen LogP contribution in [-0.2, 0) is 10.8 Å². The standard InChI is InChI=1S/C62H51BN4/c1-61(2,3)40-29-32-45(33-30-40)66-54-34-31-41(62(4,5)6)35-52(54)63-51-27-18-26-48-50-39-55-49(47-25-16-17-28-53(47)65(55)44-23-14-9-15-24-44)38-56(50)67(60(48)51)58-37-46(36-57(66)59(58)63)64(42-19-10-7-11-20-42)43-21-12-8-13-22-43/h7-39H,1-6H3. The third-order valence-electron chi connectivity index (χ3n) is 14.6. The maximum atomic E-state index is 2.63. The Morgan fingerprint density at radius 3 is 1.61 bits per heavy atom. The number of fused-ring (bicyclic) bond motifs is 10. The summed E-state index contributed by atoms with van der Waals surface area (Å²) in [6, 6.07) is 75.0. The monoisotopic (exact) mass is 862 g/mol. The predicted octanol–water partition coefficient (Wildman–Crippen LogP) is 14.6. The number of para-hydroxylation sites is 5. The van der Waals surface area contributed by atoms with Gasteiger partial charge in [0, 0.05) is 66.9 Å². The first-order valence-electron chi connectivity index (χ1n) is 23.7. The Balaban J connectivity index is 1.19. The summed E-state index contributed by atoms with van der Waals surface area (Å²) in [7, 11) is 0. The summed E-state index contributed by atoms with van der Waals surface area (Å²) < 4.78 is 5.07. The van der Waals surface area contributed by atoms with Crippen molar-refractivity contribution in [1.29, 1.82) is 0 Å². The first kappa shape index (κ1) is 39.6. The third kappa shape index (κ3) is 5.93. The molecule has 11 aromatic rings. The van der Waals surface area contributed by atoms with Gasteiger partial charge >= 0.3 is 0 Å². The maximum Gasteiger partial charge on any atom is 0.252 e. The highest BCUT2D eigenvalue weighted by molar-refractivity contribution is 7.00. The van der Waals surface area contributed by atoms with Crippen LogP contribution in [0.4, 0.5) is 34.1 Å². The molecule has 4 nitrogen and oxygen atoms in total. The minimum atomic E-state index is -0.0376. The van der Waals surface area contributed by atoms with Gasteiger partial charge < -0.3 is 18.9 Å². The van der Waals surface area contributed by atoms with Crippen molar-refractivity contribution in [3.05, 3.63) is 211 Å². The van der Waals surface area contributed by atoms with E-state index >= 15 is 0 Å². The lowest BCUT2D eigenvalue weighted by Gasteiger charge is -2.42. The molecule has 0 atom stereocenters. The minimum Gasteiger partial charge on any atom is -0.311 e. The summed E-state index contributed by atoms with van der Waals surface area (Å²) in [4.78, 5) is 4.99. The lowest BCUT2D eigenvalue weighted by molar-refractivity contribution is 0.590. The quantitative estimate of drug-likeness (QED) is 0.160. The molecule has 2 aliphatic rings. The highest BCUT2D eigenvalue weighted by atomic mass is 15.2. The average molecular weight is 863 g/mol. The lowest BCUT2D eigenvalue weighted by Crippen LogP contribution is -2.60. The van der Waals surface area contributed by atoms with E-state index in [-0.39, 0.29) is 17.5 Å². The number of anilines is 6. The van der Waals surface area contributed by atoms with Gasteiger partial charge in [0.15, 0.2) is 0 Å². The summed E-state index contributed by atoms with van der Waals surface area (Å²) >= 11 is 0. The van der Waals surface area contributed by atoms with Crippen molar-refractivity contribution >= 4 is 101 Å². The van der Waals surface area contributed by atoms with E-state index in [0.29, 0.717) is 0 Å². The van der Waals surface area contributed by atoms with Crippen LogP contribution in [0.2, 0.25) is 0 Å². The molecule has 0 aliphatic carbocycles. The predicted molar refractivity (Wildman–Crippen MR) is 287 cm³/mol. The zero-order chi connectivity index (χ0) is 45.3. The molecule has 2 aromatic heterocycles. The normalized spacial score (nSPS) is 13.2. The second-order valence-corrected chi connectivity index (χ2v) is 20.6. The van der Waals surface area contributed by atoms with Gasteiger partial charge in [0.2, 0.25) is 0 Å². The summed E-state index contributed by atoms with van der Waals surface area (Å²) in [5.74, 6) is 0. The van der Waals surface area contributed by atoms with Crippen LogP contribution in [0, 0.1) is 0 Å². The van der Waals surface area contributed by atoms with E-state index in [4.69, 9.17) is 0 Å². The van der Waals surface area contributed by atoms with Crippen molar-refractivity contribution in [3.8, 4) is 11.4 Å². The van der Waals surface area contributed by atoms with Gasteiger partial charge in [-0.2, -0.15) is 0 Å². The fourth-order valence-electron chi connectivity index (χ4n) is 11.3. The summed E-state index contributed by atoms with van der Waals surface area (Å²) in [6.45, 7) is 13.9. The number of benzene rings is 9. The molecule has 0 N–H and O–H groups in total. The Morgan fingerprint density at radius 1 is 0.373 bits per heavy atom. The molecule has 9 aromatic carbocycles. The van der Waals surface area contributed by atoms with Gasteiger partial charge in [-0.3, -0.25) is 0 Å². The van der Waals surface area contributed by atoms with E-state index < -0.39 is 0 Å². The van der Waals surface area contributed by atoms with Crippen LogP contribution in [0.5, 0.6) is 0 Å². The topological polar surface area (TPSA) is 16.3 Å². The lowest BCUT2D eigenvalue weighted by atomic mass is 9.33. The summed E-state index contributed by atoms with van der Waals surface area (Å²) in [5, 5.41) is 5.02. The number of hydrogen-bond donors (Lipinski definition) is 0. The summed E-state index contributed by atoms with van der Waals surface area (Å²) in [5.41, 5.74) is 20.8. The van der Waals surface area contributed by atoms with Crippen molar-refractivity contribution in [1.82, 2.24) is 9.13 Å². The Kier molecular flexibility index (Phi) is 8.49. The second kappa shape index (κ2) is 14.4. The molecule has 0 radical (unpaired) electrons. The molecule has 0 fully saturated rings. The largest absolute Gasteiger partial charge is 0.311 e. The third-order valence-corrected chi connectivity index (χ3v) is 14.6. The van der Waals surface area contributed by atoms with E-state index in [1.54, 1.807) is 0 Å². The van der Waals surface area contributed by atoms with Gasteiger partial charge in [0.25, 0.3) is 6.71 Å². The maximum absolute atomic E-state index is 2.63. The van der Waals surface area contributed by atoms with Gasteiger partial charge in [0.1, 0.15) is 0 Å². The van der Waals surface area contributed by atoms with E-state index in [0.717, 1.165) is 28.4 Å². The van der Waals surface area contributed by atoms with E-state index in [1.807, 2.05) is 0 Å². The second-order valence-electron chi connectivity index (χ2n) is 20.6. The fourth-order valence-corrected chi connectivity index (χ4v) is 11.3. The van der Waals surface area contributed by atoms with Gasteiger partial charge in [0.05, 0.1) is 22.2 Å². The Bertz CT molecular complexity index is 3720. The number of rotatable bonds is 5. The molecule has 0 unspecified atom stereocenters. The molecule has 67 heavy (non-hydrogen) atoms. The average Bonchev–Trinajstić information content (AvgIpc) is 3.85. The van der Waals surface area contributed by atoms with Crippen LogP contribution in [0.15, 0.2) is 200 Å². The molecule has 0 bridgehead atoms. The van der Waals surface area contributed by atoms with Crippen molar-refractivity contribution < 1.29 is 0 Å². The number of hydrogen-bond acceptors (Lipinski definition) is 2. The molecule has 0 spiro atoms. The smallest absolute Gasteiger partial charge is 0.252 e. The van der Waals surface area contributed by atoms with Crippen LogP contribution in [0.3, 0.4) is 0 Å². The molecule has 0 saturated carbocycles. The Hall–Kier alpha value is -7.76. The number of nitrogens with zero attached hydrogens (tertiary/aromatic N) is 4. The molecule has 2 aliphatic heterocycles. The highest BCUT2D eigenvalue weighted by Crippen LogP contribution is 2.47. The van der Waals surface area contributed by atoms with Crippen molar-refractivity contribution in [3.63, 3.8) is 0 Å². The van der Waals surface area contributed by atoms with Crippen molar-refractivity contribution in [2.45, 2.75) is 52.4 Å². The zero-order valence-electron chi connectivity index (χ0n) is 38.9. The van der Waals surface area contributed by atoms with Crippen LogP contribution >= 0.6 is 0 Å². The SMILES string of the molecule is CC(C)(C)c1ccc(N2c3ccc(C(C)(C)C)cc3B3c4c2cc(N(c2ccccc2)c2ccccc2)cc4-n2c4cc5c6ccccc6n(-c6ccccc6)c5cc4c4cccc3c42)cc1. The highest BCUT2D eigenvalue weighted by Gasteiger charge is 2.43. The van der Waals surface area contributed by atoms with Gasteiger partial charge in [-0.1, -0.05) is 157 Å². The van der Waals surface area contributed by atoms with E-state index in [9.17, 15) is 0 Å². The van der Waals surface area contributed by atoms with Crippen molar-refractivity contribution in [2.24, 2.45) is 0 Å². The fraction of sp³-hybridized carbons (Fsp3) is 0.129. The number of aromatic nitrogens is 2. The van der Waals surface area contributed by atoms with Gasteiger partial charge in [-0.05, 0) is 123 Å². The molecule has 0 saturated heterocycles. The van der Waals surface area contributed by atoms with E-state index in [2.05, 4.69) is 261 Å². The first-order valence-corrected chi connectivity index (χ1v) is 23.7. The van der Waals surface area contributed by atoms with Crippen LogP contribution in [-0.4, -0.2) is 15.8 Å². The molecule has 322 valence electrons. The van der Waals surface area contributed by atoms with Crippen LogP contribution in [0.25, 0.3) is 55.0 Å². The van der Waals surface area contributed by atoms with Gasteiger partial charge in [-0.25, -0.2) is 0 Å². The minimum absolute atomic E-state index is 0.00255. The van der Waals surface area contributed by atoms with Crippen molar-refractivity contribution in [2.75, 3.05) is 9.80 Å². The summed E-state index contributed by atoms with van der Waals surface area (Å²) in [6.07, 6.45) is 0. The molecule has 13 rings (SSSR count). The Labute approximate surface area is 393 Å². The van der Waals surface area contributed by atoms with E-state index in [1.165, 1.54) is 88.2 Å². The first-order chi connectivity index (χ1) is 32.5. The van der Waals surface area contributed by atoms with Crippen LogP contribution < -0.4 is 26.2 Å². The molecular weight excluding hydrogens is 812 g/mol. The van der Waals surface area contributed by atoms with Gasteiger partial charge in [-0.15, -0.1) is 0 Å². The molecular formula is C62H51BN4. The molecule has 5 heteroatoms.